The van der Waals surface area contributed by atoms with E-state index >= 15 is 0 Å². The van der Waals surface area contributed by atoms with Gasteiger partial charge in [-0.25, -0.2) is 9.40 Å². The van der Waals surface area contributed by atoms with Gasteiger partial charge in [0, 0.05) is 18.3 Å². The highest BCUT2D eigenvalue weighted by Gasteiger charge is 2.55. The molecule has 3 atom stereocenters. The van der Waals surface area contributed by atoms with Crippen LogP contribution >= 0.6 is 0 Å². The summed E-state index contributed by atoms with van der Waals surface area (Å²) in [6, 6.07) is 12.8. The number of nitrogens with one attached hydrogen (secondary N) is 1. The molecule has 2 aromatic rings. The topological polar surface area (TPSA) is 111 Å². The van der Waals surface area contributed by atoms with Gasteiger partial charge in [0.2, 0.25) is 5.91 Å². The van der Waals surface area contributed by atoms with Gasteiger partial charge in [0.1, 0.15) is 17.9 Å². The number of halogens is 4. The van der Waals surface area contributed by atoms with E-state index in [2.05, 4.69) is 10.4 Å². The van der Waals surface area contributed by atoms with Crippen LogP contribution in [0, 0.1) is 11.7 Å². The van der Waals surface area contributed by atoms with Gasteiger partial charge in [0.05, 0.1) is 18.8 Å². The van der Waals surface area contributed by atoms with E-state index in [-0.39, 0.29) is 12.1 Å². The van der Waals surface area contributed by atoms with E-state index in [1.807, 2.05) is 0 Å². The number of anilines is 1. The minimum absolute atomic E-state index is 0.104. The lowest BCUT2D eigenvalue weighted by molar-refractivity contribution is -0.260. The van der Waals surface area contributed by atoms with Crippen LogP contribution in [-0.4, -0.2) is 65.6 Å². The Morgan fingerprint density at radius 1 is 1.14 bits per heavy atom. The number of nitrogens with zero attached hydrogens (tertiary/aromatic N) is 3. The van der Waals surface area contributed by atoms with Crippen molar-refractivity contribution in [1.82, 2.24) is 10.2 Å². The van der Waals surface area contributed by atoms with Crippen LogP contribution in [0.25, 0.3) is 0 Å². The third-order valence-electron chi connectivity index (χ3n) is 5.62. The van der Waals surface area contributed by atoms with Crippen molar-refractivity contribution in [3.8, 4) is 0 Å². The summed E-state index contributed by atoms with van der Waals surface area (Å²) in [6.45, 7) is -0.920. The zero-order chi connectivity index (χ0) is 25.8. The number of hydrogen-bond donors (Lipinski definition) is 3. The van der Waals surface area contributed by atoms with Crippen LogP contribution < -0.4 is 16.1 Å². The van der Waals surface area contributed by atoms with Crippen LogP contribution in [0.1, 0.15) is 17.3 Å². The Morgan fingerprint density at radius 3 is 2.34 bits per heavy atom. The first-order valence-electron chi connectivity index (χ1n) is 10.7. The number of carbonyl (C=O) groups excluding carboxylic acids is 2. The summed E-state index contributed by atoms with van der Waals surface area (Å²) in [5, 5.41) is 17.8. The molecule has 8 nitrogen and oxygen atoms in total. The summed E-state index contributed by atoms with van der Waals surface area (Å²) < 4.78 is 54.7. The van der Waals surface area contributed by atoms with E-state index < -0.39 is 54.6 Å². The molecule has 1 heterocycles. The normalized spacial score (nSPS) is 19.3. The standard InChI is InChI=1S/C23H25F4N5O3/c1-2-31(21(34)15-6-4-3-5-7-15)14-22(35,23(25,26)27)13-29-20(33)18-12-30-32(19(18)28)17-10-8-16(24)9-11-17/h3-12,18-19,35H,2,13-14,28H2,1H3,(H,29,33). The zero-order valence-electron chi connectivity index (χ0n) is 18.7. The minimum Gasteiger partial charge on any atom is -0.378 e. The SMILES string of the molecule is CCN(CC(O)(CNC(=O)C1C=NN(c2ccc(F)cc2)C1N)C(F)(F)F)C(=O)c1ccccc1. The predicted molar refractivity (Wildman–Crippen MR) is 121 cm³/mol. The number of nitrogens with two attached hydrogens (primary N) is 1. The predicted octanol–water partition coefficient (Wildman–Crippen LogP) is 2.10. The maximum atomic E-state index is 13.9. The summed E-state index contributed by atoms with van der Waals surface area (Å²) in [6.07, 6.45) is -5.06. The van der Waals surface area contributed by atoms with Gasteiger partial charge in [-0.05, 0) is 43.3 Å². The first-order chi connectivity index (χ1) is 16.5. The van der Waals surface area contributed by atoms with E-state index in [1.54, 1.807) is 18.2 Å². The monoisotopic (exact) mass is 495 g/mol. The molecule has 0 saturated heterocycles. The molecule has 1 aliphatic heterocycles. The van der Waals surface area contributed by atoms with Crippen molar-refractivity contribution in [2.24, 2.45) is 16.8 Å². The molecule has 0 radical (unpaired) electrons. The van der Waals surface area contributed by atoms with Crippen LogP contribution in [0.15, 0.2) is 59.7 Å². The largest absolute Gasteiger partial charge is 0.420 e. The Kier molecular flexibility index (Phi) is 7.76. The molecule has 2 aromatic carbocycles. The Hall–Kier alpha value is -3.51. The summed E-state index contributed by atoms with van der Waals surface area (Å²) in [5.41, 5.74) is 3.17. The van der Waals surface area contributed by atoms with Gasteiger partial charge in [0.25, 0.3) is 5.91 Å². The molecule has 1 aliphatic rings. The van der Waals surface area contributed by atoms with E-state index in [0.717, 1.165) is 11.1 Å². The number of rotatable bonds is 8. The molecule has 0 aliphatic carbocycles. The Bertz CT molecular complexity index is 1070. The third kappa shape index (κ3) is 5.77. The fourth-order valence-corrected chi connectivity index (χ4v) is 3.52. The molecular formula is C23H25F4N5O3. The molecule has 2 amide bonds. The minimum atomic E-state index is -5.16. The highest BCUT2D eigenvalue weighted by atomic mass is 19.4. The van der Waals surface area contributed by atoms with Gasteiger partial charge >= 0.3 is 6.18 Å². The van der Waals surface area contributed by atoms with Crippen LogP contribution in [0.3, 0.4) is 0 Å². The lowest BCUT2D eigenvalue weighted by Gasteiger charge is -2.35. The van der Waals surface area contributed by atoms with Crippen LogP contribution in [0.5, 0.6) is 0 Å². The lowest BCUT2D eigenvalue weighted by atomic mass is 10.0. The zero-order valence-corrected chi connectivity index (χ0v) is 18.7. The average molecular weight is 495 g/mol. The van der Waals surface area contributed by atoms with Crippen molar-refractivity contribution in [1.29, 1.82) is 0 Å². The molecule has 4 N–H and O–H groups in total. The second-order valence-electron chi connectivity index (χ2n) is 8.03. The highest BCUT2D eigenvalue weighted by Crippen LogP contribution is 2.31. The van der Waals surface area contributed by atoms with Gasteiger partial charge in [-0.2, -0.15) is 18.3 Å². The Balaban J connectivity index is 1.69. The van der Waals surface area contributed by atoms with E-state index in [1.165, 1.54) is 48.3 Å². The second kappa shape index (κ2) is 10.4. The molecule has 3 unspecified atom stereocenters. The van der Waals surface area contributed by atoms with Gasteiger partial charge < -0.3 is 21.1 Å². The fourth-order valence-electron chi connectivity index (χ4n) is 3.52. The molecule has 0 aromatic heterocycles. The summed E-state index contributed by atoms with van der Waals surface area (Å²) >= 11 is 0. The third-order valence-corrected chi connectivity index (χ3v) is 5.62. The molecule has 0 saturated carbocycles. The van der Waals surface area contributed by atoms with E-state index in [9.17, 15) is 32.3 Å². The van der Waals surface area contributed by atoms with E-state index in [4.69, 9.17) is 5.73 Å². The van der Waals surface area contributed by atoms with Crippen molar-refractivity contribution < 1.29 is 32.3 Å². The Labute approximate surface area is 199 Å². The lowest BCUT2D eigenvalue weighted by Crippen LogP contribution is -2.61. The van der Waals surface area contributed by atoms with Gasteiger partial charge in [-0.3, -0.25) is 9.59 Å². The number of aliphatic hydroxyl groups is 1. The number of carbonyl (C=O) groups is 2. The first kappa shape index (κ1) is 26.1. The number of alkyl halides is 3. The smallest absolute Gasteiger partial charge is 0.378 e. The van der Waals surface area contributed by atoms with Gasteiger partial charge in [-0.1, -0.05) is 18.2 Å². The maximum absolute atomic E-state index is 13.9. The number of likely N-dealkylation sites (N-methyl/N-ethyl adjacent to an activating group) is 1. The maximum Gasteiger partial charge on any atom is 0.420 e. The van der Waals surface area contributed by atoms with Crippen LogP contribution in [0.4, 0.5) is 23.2 Å². The van der Waals surface area contributed by atoms with E-state index in [0.29, 0.717) is 5.69 Å². The average Bonchev–Trinajstić information content (AvgIpc) is 3.22. The molecular weight excluding hydrogens is 470 g/mol. The van der Waals surface area contributed by atoms with Gasteiger partial charge in [-0.15, -0.1) is 0 Å². The van der Waals surface area contributed by atoms with Crippen LogP contribution in [0.2, 0.25) is 0 Å². The molecule has 188 valence electrons. The molecule has 3 rings (SSSR count). The molecule has 12 heteroatoms. The molecule has 0 spiro atoms. The van der Waals surface area contributed by atoms with Crippen molar-refractivity contribution >= 4 is 23.7 Å². The summed E-state index contributed by atoms with van der Waals surface area (Å²) in [7, 11) is 0. The van der Waals surface area contributed by atoms with Gasteiger partial charge in [0.15, 0.2) is 5.60 Å². The van der Waals surface area contributed by atoms with Crippen molar-refractivity contribution in [2.45, 2.75) is 24.9 Å². The Morgan fingerprint density at radius 2 is 1.77 bits per heavy atom. The summed E-state index contributed by atoms with van der Waals surface area (Å²) in [4.78, 5) is 26.2. The fraction of sp³-hybridized carbons (Fsp3) is 0.348. The molecule has 35 heavy (non-hydrogen) atoms. The van der Waals surface area contributed by atoms with Crippen molar-refractivity contribution in [2.75, 3.05) is 24.6 Å². The quantitative estimate of drug-likeness (QED) is 0.486. The van der Waals surface area contributed by atoms with Crippen molar-refractivity contribution in [3.05, 3.63) is 66.0 Å². The summed E-state index contributed by atoms with van der Waals surface area (Å²) in [5.74, 6) is -3.21. The molecule has 0 fully saturated rings. The first-order valence-corrected chi connectivity index (χ1v) is 10.7. The van der Waals surface area contributed by atoms with Crippen LogP contribution in [-0.2, 0) is 4.79 Å². The number of benzene rings is 2. The number of amides is 2. The van der Waals surface area contributed by atoms with Crippen molar-refractivity contribution in [3.63, 3.8) is 0 Å². The number of hydrogen-bond acceptors (Lipinski definition) is 6. The molecule has 0 bridgehead atoms. The number of hydrazone groups is 1. The highest BCUT2D eigenvalue weighted by molar-refractivity contribution is 5.96. The second-order valence-corrected chi connectivity index (χ2v) is 8.03.